The molecular formula is C18H17BrN2O2. The van der Waals surface area contributed by atoms with Gasteiger partial charge in [-0.1, -0.05) is 28.1 Å². The second-order valence-electron chi connectivity index (χ2n) is 5.41. The van der Waals surface area contributed by atoms with Gasteiger partial charge in [-0.15, -0.1) is 0 Å². The number of nitrogens with zero attached hydrogens (tertiary/aromatic N) is 1. The molecule has 0 amide bonds. The lowest BCUT2D eigenvalue weighted by molar-refractivity contribution is 0.0526. The highest BCUT2D eigenvalue weighted by atomic mass is 79.9. The van der Waals surface area contributed by atoms with Crippen molar-refractivity contribution >= 4 is 32.9 Å². The van der Waals surface area contributed by atoms with Gasteiger partial charge < -0.3 is 9.72 Å². The predicted octanol–water partition coefficient (Wildman–Crippen LogP) is 4.79. The maximum Gasteiger partial charge on any atom is 0.338 e. The van der Waals surface area contributed by atoms with E-state index >= 15 is 0 Å². The predicted molar refractivity (Wildman–Crippen MR) is 94.7 cm³/mol. The summed E-state index contributed by atoms with van der Waals surface area (Å²) in [6, 6.07) is 9.62. The van der Waals surface area contributed by atoms with Crippen LogP contribution in [-0.4, -0.2) is 22.5 Å². The summed E-state index contributed by atoms with van der Waals surface area (Å²) in [6.45, 7) is 6.16. The molecule has 0 aliphatic rings. The van der Waals surface area contributed by atoms with Gasteiger partial charge in [-0.2, -0.15) is 0 Å². The fourth-order valence-electron chi connectivity index (χ4n) is 2.61. The summed E-state index contributed by atoms with van der Waals surface area (Å²) in [4.78, 5) is 20.0. The standard InChI is InChI=1S/C18H17BrN2O2/c1-4-23-18(22)12-8-10(2)16-15(9-12)20-17(21-16)13-6-5-7-14(19)11(13)3/h5-9H,4H2,1-3H3,(H,20,21). The van der Waals surface area contributed by atoms with Crippen LogP contribution >= 0.6 is 15.9 Å². The third-order valence-electron chi connectivity index (χ3n) is 3.82. The molecule has 0 unspecified atom stereocenters. The normalized spacial score (nSPS) is 11.0. The molecular weight excluding hydrogens is 356 g/mol. The lowest BCUT2D eigenvalue weighted by Gasteiger charge is -2.04. The van der Waals surface area contributed by atoms with Crippen LogP contribution in [0.4, 0.5) is 0 Å². The Morgan fingerprint density at radius 1 is 1.30 bits per heavy atom. The number of nitrogens with one attached hydrogen (secondary N) is 1. The summed E-state index contributed by atoms with van der Waals surface area (Å²) in [5, 5.41) is 0. The number of rotatable bonds is 3. The third kappa shape index (κ3) is 2.88. The first-order valence-corrected chi connectivity index (χ1v) is 8.23. The quantitative estimate of drug-likeness (QED) is 0.672. The fraction of sp³-hybridized carbons (Fsp3) is 0.222. The van der Waals surface area contributed by atoms with E-state index in [1.165, 1.54) is 0 Å². The lowest BCUT2D eigenvalue weighted by atomic mass is 10.1. The number of hydrogen-bond acceptors (Lipinski definition) is 3. The summed E-state index contributed by atoms with van der Waals surface area (Å²) in [7, 11) is 0. The van der Waals surface area contributed by atoms with E-state index in [2.05, 4.69) is 25.9 Å². The summed E-state index contributed by atoms with van der Waals surface area (Å²) < 4.78 is 6.12. The molecule has 0 bridgehead atoms. The van der Waals surface area contributed by atoms with Crippen LogP contribution in [0.2, 0.25) is 0 Å². The van der Waals surface area contributed by atoms with E-state index in [0.29, 0.717) is 12.2 Å². The van der Waals surface area contributed by atoms with Crippen molar-refractivity contribution < 1.29 is 9.53 Å². The zero-order chi connectivity index (χ0) is 16.6. The monoisotopic (exact) mass is 372 g/mol. The Morgan fingerprint density at radius 3 is 2.83 bits per heavy atom. The minimum absolute atomic E-state index is 0.319. The van der Waals surface area contributed by atoms with Gasteiger partial charge in [0.15, 0.2) is 0 Å². The summed E-state index contributed by atoms with van der Waals surface area (Å²) in [5.41, 5.74) is 5.36. The number of aromatic amines is 1. The van der Waals surface area contributed by atoms with Crippen LogP contribution < -0.4 is 0 Å². The average Bonchev–Trinajstić information content (AvgIpc) is 2.94. The summed E-state index contributed by atoms with van der Waals surface area (Å²) >= 11 is 3.55. The number of aryl methyl sites for hydroxylation is 1. The molecule has 3 rings (SSSR count). The molecule has 0 spiro atoms. The molecule has 0 aliphatic carbocycles. The largest absolute Gasteiger partial charge is 0.462 e. The Kier molecular flexibility index (Phi) is 4.22. The number of halogens is 1. The molecule has 0 fully saturated rings. The van der Waals surface area contributed by atoms with Gasteiger partial charge in [-0.25, -0.2) is 9.78 Å². The van der Waals surface area contributed by atoms with Gasteiger partial charge in [0.1, 0.15) is 5.82 Å². The molecule has 1 N–H and O–H groups in total. The minimum atomic E-state index is -0.319. The number of imidazole rings is 1. The number of carbonyl (C=O) groups excluding carboxylic acids is 1. The van der Waals surface area contributed by atoms with Crippen LogP contribution in [0.5, 0.6) is 0 Å². The maximum atomic E-state index is 11.9. The van der Waals surface area contributed by atoms with E-state index in [1.807, 2.05) is 38.1 Å². The molecule has 0 saturated heterocycles. The first-order valence-electron chi connectivity index (χ1n) is 7.44. The van der Waals surface area contributed by atoms with Crippen LogP contribution in [0.1, 0.15) is 28.4 Å². The Labute approximate surface area is 143 Å². The van der Waals surface area contributed by atoms with Gasteiger partial charge in [0.2, 0.25) is 0 Å². The van der Waals surface area contributed by atoms with Gasteiger partial charge in [0, 0.05) is 10.0 Å². The summed E-state index contributed by atoms with van der Waals surface area (Å²) in [6.07, 6.45) is 0. The van der Waals surface area contributed by atoms with Gasteiger partial charge in [-0.3, -0.25) is 0 Å². The van der Waals surface area contributed by atoms with Crippen LogP contribution in [-0.2, 0) is 4.74 Å². The zero-order valence-electron chi connectivity index (χ0n) is 13.2. The number of carbonyl (C=O) groups is 1. The van der Waals surface area contributed by atoms with Crippen molar-refractivity contribution in [2.24, 2.45) is 0 Å². The zero-order valence-corrected chi connectivity index (χ0v) is 14.8. The molecule has 1 heterocycles. The Morgan fingerprint density at radius 2 is 2.09 bits per heavy atom. The molecule has 0 saturated carbocycles. The van der Waals surface area contributed by atoms with Crippen LogP contribution in [0.15, 0.2) is 34.8 Å². The number of hydrogen-bond donors (Lipinski definition) is 1. The molecule has 5 heteroatoms. The highest BCUT2D eigenvalue weighted by Crippen LogP contribution is 2.29. The number of benzene rings is 2. The van der Waals surface area contributed by atoms with E-state index in [1.54, 1.807) is 13.0 Å². The molecule has 1 aromatic heterocycles. The van der Waals surface area contributed by atoms with E-state index in [9.17, 15) is 4.79 Å². The molecule has 23 heavy (non-hydrogen) atoms. The Hall–Kier alpha value is -2.14. The third-order valence-corrected chi connectivity index (χ3v) is 4.68. The van der Waals surface area contributed by atoms with E-state index in [-0.39, 0.29) is 5.97 Å². The SMILES string of the molecule is CCOC(=O)c1cc(C)c2[nH]c(-c3cccc(Br)c3C)nc2c1. The van der Waals surface area contributed by atoms with Gasteiger partial charge in [0.05, 0.1) is 23.2 Å². The van der Waals surface area contributed by atoms with Crippen molar-refractivity contribution in [2.75, 3.05) is 6.61 Å². The molecule has 0 radical (unpaired) electrons. The number of ether oxygens (including phenoxy) is 1. The first kappa shape index (κ1) is 15.7. The van der Waals surface area contributed by atoms with Crippen molar-refractivity contribution in [3.8, 4) is 11.4 Å². The number of fused-ring (bicyclic) bond motifs is 1. The fourth-order valence-corrected chi connectivity index (χ4v) is 2.98. The van der Waals surface area contributed by atoms with Gasteiger partial charge >= 0.3 is 5.97 Å². The second kappa shape index (κ2) is 6.16. The van der Waals surface area contributed by atoms with Crippen molar-refractivity contribution in [1.29, 1.82) is 0 Å². The Bertz CT molecular complexity index is 899. The van der Waals surface area contributed by atoms with Crippen molar-refractivity contribution in [3.63, 3.8) is 0 Å². The number of aromatic nitrogens is 2. The van der Waals surface area contributed by atoms with Crippen molar-refractivity contribution in [3.05, 3.63) is 51.5 Å². The average molecular weight is 373 g/mol. The van der Waals surface area contributed by atoms with E-state index < -0.39 is 0 Å². The second-order valence-corrected chi connectivity index (χ2v) is 6.26. The molecule has 118 valence electrons. The summed E-state index contributed by atoms with van der Waals surface area (Å²) in [5.74, 6) is 0.476. The molecule has 4 nitrogen and oxygen atoms in total. The van der Waals surface area contributed by atoms with Gasteiger partial charge in [0.25, 0.3) is 0 Å². The minimum Gasteiger partial charge on any atom is -0.462 e. The number of esters is 1. The lowest BCUT2D eigenvalue weighted by Crippen LogP contribution is -2.04. The van der Waals surface area contributed by atoms with Crippen LogP contribution in [0.25, 0.3) is 22.4 Å². The highest BCUT2D eigenvalue weighted by molar-refractivity contribution is 9.10. The van der Waals surface area contributed by atoms with Crippen LogP contribution in [0.3, 0.4) is 0 Å². The molecule has 3 aromatic rings. The van der Waals surface area contributed by atoms with Crippen molar-refractivity contribution in [2.45, 2.75) is 20.8 Å². The number of H-pyrrole nitrogens is 1. The highest BCUT2D eigenvalue weighted by Gasteiger charge is 2.14. The topological polar surface area (TPSA) is 55.0 Å². The molecule has 0 atom stereocenters. The first-order chi connectivity index (χ1) is 11.0. The van der Waals surface area contributed by atoms with Gasteiger partial charge in [-0.05, 0) is 50.1 Å². The maximum absolute atomic E-state index is 11.9. The molecule has 2 aromatic carbocycles. The van der Waals surface area contributed by atoms with Crippen molar-refractivity contribution in [1.82, 2.24) is 9.97 Å². The Balaban J connectivity index is 2.14. The van der Waals surface area contributed by atoms with Crippen LogP contribution in [0, 0.1) is 13.8 Å². The smallest absolute Gasteiger partial charge is 0.338 e. The van der Waals surface area contributed by atoms with E-state index in [0.717, 1.165) is 38.0 Å². The van der Waals surface area contributed by atoms with E-state index in [4.69, 9.17) is 4.74 Å². The molecule has 0 aliphatic heterocycles.